The average molecular weight is 908 g/mol. The molecule has 0 aromatic heterocycles. The van der Waals surface area contributed by atoms with Gasteiger partial charge in [0.2, 0.25) is 11.7 Å². The fourth-order valence-electron chi connectivity index (χ4n) is 8.35. The number of aliphatic hydroxyl groups excluding tert-OH is 2. The van der Waals surface area contributed by atoms with Gasteiger partial charge >= 0.3 is 0 Å². The molecular formula is C54H85NO8S. The highest BCUT2D eigenvalue weighted by Crippen LogP contribution is 2.29. The van der Waals surface area contributed by atoms with Crippen molar-refractivity contribution in [2.24, 2.45) is 5.92 Å². The number of rotatable bonds is 40. The summed E-state index contributed by atoms with van der Waals surface area (Å²) in [6, 6.07) is 15.1. The van der Waals surface area contributed by atoms with Gasteiger partial charge in [-0.3, -0.25) is 24.0 Å². The lowest BCUT2D eigenvalue weighted by molar-refractivity contribution is -0.160. The molecule has 360 valence electrons. The first kappa shape index (κ1) is 56.9. The number of carbonyl (C=O) groups is 5. The lowest BCUT2D eigenvalue weighted by Gasteiger charge is -2.34. The summed E-state index contributed by atoms with van der Waals surface area (Å²) in [4.78, 5) is 66.8. The Labute approximate surface area is 391 Å². The van der Waals surface area contributed by atoms with Gasteiger partial charge in [0.25, 0.3) is 0 Å². The standard InChI is InChI=1S/C54H85NO8S/c1-4-6-8-10-12-14-16-18-20-22-24-26-31-38-48(57)51(60)54(63,52(61)49(58)39-32-27-25-23-21-19-17-15-13-11-9-7-5-2)50(59)45-36-33-37-47(41-45)55-53(62)46(42-64-43(3)56)40-44-34-29-28-30-35-44/h28-30,33-37,41,46,51-52,60-61,63H,4-27,31-32,38-40,42H2,1-3H3,(H,55,62). The van der Waals surface area contributed by atoms with Gasteiger partial charge in [0, 0.05) is 36.8 Å². The lowest BCUT2D eigenvalue weighted by Crippen LogP contribution is -2.63. The summed E-state index contributed by atoms with van der Waals surface area (Å²) in [6.45, 7) is 5.89. The topological polar surface area (TPSA) is 158 Å². The maximum atomic E-state index is 14.3. The molecular weight excluding hydrogens is 823 g/mol. The number of Topliss-reactive ketones (excluding diaryl/α,β-unsaturated/α-hetero) is 3. The van der Waals surface area contributed by atoms with Crippen LogP contribution in [0.3, 0.4) is 0 Å². The first-order valence-electron chi connectivity index (χ1n) is 25.2. The van der Waals surface area contributed by atoms with Crippen LogP contribution in [0.15, 0.2) is 54.6 Å². The fourth-order valence-corrected chi connectivity index (χ4v) is 9.06. The Bertz CT molecular complexity index is 1550. The zero-order valence-electron chi connectivity index (χ0n) is 39.9. The highest BCUT2D eigenvalue weighted by molar-refractivity contribution is 8.13. The largest absolute Gasteiger partial charge is 0.382 e. The molecule has 3 atom stereocenters. The maximum absolute atomic E-state index is 14.3. The summed E-state index contributed by atoms with van der Waals surface area (Å²) in [5.41, 5.74) is -2.23. The Morgan fingerprint density at radius 2 is 0.969 bits per heavy atom. The van der Waals surface area contributed by atoms with E-state index < -0.39 is 47.0 Å². The van der Waals surface area contributed by atoms with Crippen LogP contribution in [0, 0.1) is 5.92 Å². The summed E-state index contributed by atoms with van der Waals surface area (Å²) < 4.78 is 0. The molecule has 1 amide bonds. The van der Waals surface area contributed by atoms with Crippen molar-refractivity contribution in [1.29, 1.82) is 0 Å². The number of aliphatic hydroxyl groups is 3. The zero-order chi connectivity index (χ0) is 46.8. The van der Waals surface area contributed by atoms with E-state index in [1.165, 1.54) is 128 Å². The number of hydrogen-bond acceptors (Lipinski definition) is 9. The molecule has 0 saturated carbocycles. The Morgan fingerprint density at radius 1 is 0.562 bits per heavy atom. The Kier molecular flexibility index (Phi) is 31.2. The highest BCUT2D eigenvalue weighted by atomic mass is 32.2. The van der Waals surface area contributed by atoms with E-state index in [-0.39, 0.29) is 35.0 Å². The van der Waals surface area contributed by atoms with Crippen molar-refractivity contribution in [1.82, 2.24) is 0 Å². The number of benzene rings is 2. The van der Waals surface area contributed by atoms with Crippen LogP contribution in [0.25, 0.3) is 0 Å². The zero-order valence-corrected chi connectivity index (χ0v) is 40.7. The van der Waals surface area contributed by atoms with Crippen LogP contribution in [0.1, 0.15) is 216 Å². The van der Waals surface area contributed by atoms with E-state index in [0.29, 0.717) is 19.3 Å². The van der Waals surface area contributed by atoms with Gasteiger partial charge < -0.3 is 20.6 Å². The Morgan fingerprint density at radius 3 is 1.38 bits per heavy atom. The van der Waals surface area contributed by atoms with E-state index in [4.69, 9.17) is 0 Å². The van der Waals surface area contributed by atoms with E-state index in [2.05, 4.69) is 19.2 Å². The molecule has 2 rings (SSSR count). The normalized spacial score (nSPS) is 13.8. The van der Waals surface area contributed by atoms with Gasteiger partial charge in [-0.15, -0.1) is 0 Å². The highest BCUT2D eigenvalue weighted by Gasteiger charge is 2.54. The number of anilines is 1. The van der Waals surface area contributed by atoms with Crippen LogP contribution < -0.4 is 5.32 Å². The van der Waals surface area contributed by atoms with E-state index >= 15 is 0 Å². The summed E-state index contributed by atoms with van der Waals surface area (Å²) >= 11 is 1.04. The average Bonchev–Trinajstić information content (AvgIpc) is 3.29. The molecule has 3 unspecified atom stereocenters. The second-order valence-electron chi connectivity index (χ2n) is 18.1. The van der Waals surface area contributed by atoms with Crippen LogP contribution >= 0.6 is 11.8 Å². The van der Waals surface area contributed by atoms with Crippen molar-refractivity contribution in [2.45, 2.75) is 225 Å². The molecule has 0 fully saturated rings. The maximum Gasteiger partial charge on any atom is 0.228 e. The van der Waals surface area contributed by atoms with Gasteiger partial charge in [0.15, 0.2) is 34.5 Å². The predicted molar refractivity (Wildman–Crippen MR) is 264 cm³/mol. The first-order chi connectivity index (χ1) is 30.9. The van der Waals surface area contributed by atoms with Gasteiger partial charge in [0.1, 0.15) is 0 Å². The van der Waals surface area contributed by atoms with E-state index in [0.717, 1.165) is 68.7 Å². The van der Waals surface area contributed by atoms with Crippen molar-refractivity contribution >= 4 is 45.8 Å². The van der Waals surface area contributed by atoms with Crippen molar-refractivity contribution in [2.75, 3.05) is 11.1 Å². The molecule has 9 nitrogen and oxygen atoms in total. The fraction of sp³-hybridized carbons (Fsp3) is 0.685. The van der Waals surface area contributed by atoms with Crippen LogP contribution in [0.5, 0.6) is 0 Å². The molecule has 0 bridgehead atoms. The Hall–Kier alpha value is -3.18. The summed E-state index contributed by atoms with van der Waals surface area (Å²) in [5.74, 6) is -3.57. The number of amides is 1. The summed E-state index contributed by atoms with van der Waals surface area (Å²) in [5, 5.41) is 37.7. The molecule has 0 aliphatic carbocycles. The second-order valence-corrected chi connectivity index (χ2v) is 19.3. The second kappa shape index (κ2) is 35.1. The minimum Gasteiger partial charge on any atom is -0.382 e. The first-order valence-corrected chi connectivity index (χ1v) is 26.2. The quantitative estimate of drug-likeness (QED) is 0.0377. The number of hydrogen-bond donors (Lipinski definition) is 4. The van der Waals surface area contributed by atoms with Gasteiger partial charge in [-0.2, -0.15) is 0 Å². The van der Waals surface area contributed by atoms with Crippen molar-refractivity contribution in [3.05, 3.63) is 65.7 Å². The van der Waals surface area contributed by atoms with Gasteiger partial charge in [-0.25, -0.2) is 0 Å². The molecule has 2 aromatic rings. The Balaban J connectivity index is 2.09. The molecule has 0 heterocycles. The number of carbonyl (C=O) groups excluding carboxylic acids is 5. The minimum absolute atomic E-state index is 0.120. The SMILES string of the molecule is CCCCCCCCCCCCCCCC(=O)C(O)C(O)(C(=O)c1cccc(NC(=O)C(CSC(C)=O)Cc2ccccc2)c1)C(O)C(=O)CCCCCCCCCCCCCCC. The number of nitrogens with one attached hydrogen (secondary N) is 1. The van der Waals surface area contributed by atoms with Crippen LogP contribution in [0.2, 0.25) is 0 Å². The molecule has 0 saturated heterocycles. The van der Waals surface area contributed by atoms with Crippen molar-refractivity contribution < 1.29 is 39.3 Å². The molecule has 0 aliphatic rings. The van der Waals surface area contributed by atoms with Crippen molar-refractivity contribution in [3.63, 3.8) is 0 Å². The molecule has 0 radical (unpaired) electrons. The van der Waals surface area contributed by atoms with Crippen LogP contribution in [-0.4, -0.2) is 67.3 Å². The van der Waals surface area contributed by atoms with Gasteiger partial charge in [0.05, 0.1) is 5.92 Å². The molecule has 10 heteroatoms. The molecule has 0 spiro atoms. The lowest BCUT2D eigenvalue weighted by atomic mass is 9.78. The number of thioether (sulfide) groups is 1. The van der Waals surface area contributed by atoms with Gasteiger partial charge in [-0.1, -0.05) is 222 Å². The monoisotopic (exact) mass is 908 g/mol. The minimum atomic E-state index is -3.14. The van der Waals surface area contributed by atoms with E-state index in [9.17, 15) is 39.3 Å². The van der Waals surface area contributed by atoms with Crippen LogP contribution in [-0.2, 0) is 25.6 Å². The van der Waals surface area contributed by atoms with Crippen molar-refractivity contribution in [3.8, 4) is 0 Å². The molecule has 0 aliphatic heterocycles. The third-order valence-electron chi connectivity index (χ3n) is 12.4. The predicted octanol–water partition coefficient (Wildman–Crippen LogP) is 12.5. The summed E-state index contributed by atoms with van der Waals surface area (Å²) in [6.07, 6.45) is 24.3. The third-order valence-corrected chi connectivity index (χ3v) is 13.4. The molecule has 64 heavy (non-hydrogen) atoms. The smallest absolute Gasteiger partial charge is 0.228 e. The molecule has 2 aromatic carbocycles. The number of unbranched alkanes of at least 4 members (excludes halogenated alkanes) is 24. The number of ketones is 3. The van der Waals surface area contributed by atoms with Gasteiger partial charge in [-0.05, 0) is 37.0 Å². The summed E-state index contributed by atoms with van der Waals surface area (Å²) in [7, 11) is 0. The molecule has 4 N–H and O–H groups in total. The third kappa shape index (κ3) is 23.3. The van der Waals surface area contributed by atoms with Crippen LogP contribution in [0.4, 0.5) is 5.69 Å². The van der Waals surface area contributed by atoms with E-state index in [1.807, 2.05) is 30.3 Å². The van der Waals surface area contributed by atoms with E-state index in [1.54, 1.807) is 6.07 Å².